The minimum atomic E-state index is -1.14. The number of rotatable bonds is 7. The van der Waals surface area contributed by atoms with Crippen molar-refractivity contribution in [2.24, 2.45) is 0 Å². The summed E-state index contributed by atoms with van der Waals surface area (Å²) in [5.41, 5.74) is 1.30. The van der Waals surface area contributed by atoms with Crippen LogP contribution in [0, 0.1) is 0 Å². The third-order valence-electron chi connectivity index (χ3n) is 3.91. The van der Waals surface area contributed by atoms with Crippen LogP contribution in [0.5, 0.6) is 11.5 Å². The average Bonchev–Trinajstić information content (AvgIpc) is 2.95. The molecule has 2 amide bonds. The van der Waals surface area contributed by atoms with E-state index in [2.05, 4.69) is 0 Å². The number of imide groups is 1. The average molecular weight is 399 g/mol. The zero-order chi connectivity index (χ0) is 20.1. The zero-order valence-corrected chi connectivity index (χ0v) is 15.8. The number of hydrogen-bond donors (Lipinski definition) is 1. The first-order chi connectivity index (χ1) is 13.5. The van der Waals surface area contributed by atoms with Gasteiger partial charge in [-0.3, -0.25) is 14.5 Å². The Morgan fingerprint density at radius 2 is 1.89 bits per heavy atom. The summed E-state index contributed by atoms with van der Waals surface area (Å²) in [4.78, 5) is 37.3. The standard InChI is InChI=1S/C20H17NO6S/c1-26-15-9-5-8-14(18(15)27-12-17(22)23)10-16-19(24)21(20(25)28-16)11-13-6-3-2-4-7-13/h2-10H,11-12H2,1H3,(H,22,23)/b16-10+. The van der Waals surface area contributed by atoms with Gasteiger partial charge in [-0.2, -0.15) is 0 Å². The lowest BCUT2D eigenvalue weighted by Crippen LogP contribution is -2.27. The number of methoxy groups -OCH3 is 1. The number of aliphatic carboxylic acids is 1. The molecule has 0 unspecified atom stereocenters. The minimum absolute atomic E-state index is 0.184. The Labute approximate surface area is 165 Å². The van der Waals surface area contributed by atoms with Crippen LogP contribution in [-0.4, -0.2) is 40.8 Å². The van der Waals surface area contributed by atoms with Crippen LogP contribution in [0.25, 0.3) is 6.08 Å². The molecular weight excluding hydrogens is 382 g/mol. The number of amides is 2. The first kappa shape index (κ1) is 19.5. The van der Waals surface area contributed by atoms with Gasteiger partial charge in [-0.1, -0.05) is 42.5 Å². The van der Waals surface area contributed by atoms with Crippen molar-refractivity contribution in [1.29, 1.82) is 0 Å². The van der Waals surface area contributed by atoms with Crippen LogP contribution >= 0.6 is 11.8 Å². The van der Waals surface area contributed by atoms with E-state index in [0.29, 0.717) is 11.3 Å². The normalized spacial score (nSPS) is 15.2. The first-order valence-electron chi connectivity index (χ1n) is 8.30. The summed E-state index contributed by atoms with van der Waals surface area (Å²) in [5.74, 6) is -1.02. The second kappa shape index (κ2) is 8.62. The maximum absolute atomic E-state index is 12.7. The second-order valence-corrected chi connectivity index (χ2v) is 6.81. The van der Waals surface area contributed by atoms with E-state index in [0.717, 1.165) is 17.3 Å². The molecule has 0 saturated carbocycles. The summed E-state index contributed by atoms with van der Waals surface area (Å²) in [6.07, 6.45) is 1.51. The van der Waals surface area contributed by atoms with Gasteiger partial charge in [0.15, 0.2) is 18.1 Å². The molecule has 1 saturated heterocycles. The monoisotopic (exact) mass is 399 g/mol. The highest BCUT2D eigenvalue weighted by molar-refractivity contribution is 8.18. The SMILES string of the molecule is COc1cccc(/C=C2/SC(=O)N(Cc3ccccc3)C2=O)c1OCC(=O)O. The van der Waals surface area contributed by atoms with E-state index >= 15 is 0 Å². The molecule has 1 aliphatic heterocycles. The topological polar surface area (TPSA) is 93.1 Å². The fourth-order valence-corrected chi connectivity index (χ4v) is 3.47. The Morgan fingerprint density at radius 3 is 2.57 bits per heavy atom. The van der Waals surface area contributed by atoms with E-state index in [1.807, 2.05) is 30.3 Å². The van der Waals surface area contributed by atoms with Crippen molar-refractivity contribution in [3.8, 4) is 11.5 Å². The molecule has 28 heavy (non-hydrogen) atoms. The Morgan fingerprint density at radius 1 is 1.14 bits per heavy atom. The molecule has 0 spiro atoms. The highest BCUT2D eigenvalue weighted by Crippen LogP contribution is 2.37. The number of nitrogens with zero attached hydrogens (tertiary/aromatic N) is 1. The van der Waals surface area contributed by atoms with Crippen LogP contribution in [0.4, 0.5) is 4.79 Å². The molecule has 1 N–H and O–H groups in total. The lowest BCUT2D eigenvalue weighted by atomic mass is 10.1. The van der Waals surface area contributed by atoms with E-state index in [-0.39, 0.29) is 22.4 Å². The van der Waals surface area contributed by atoms with E-state index in [1.165, 1.54) is 18.1 Å². The summed E-state index contributed by atoms with van der Waals surface area (Å²) in [5, 5.41) is 8.51. The quantitative estimate of drug-likeness (QED) is 0.713. The van der Waals surface area contributed by atoms with Gasteiger partial charge in [0.1, 0.15) is 0 Å². The molecule has 0 bridgehead atoms. The number of ether oxygens (including phenoxy) is 2. The number of carboxylic acids is 1. The van der Waals surface area contributed by atoms with Gasteiger partial charge in [-0.15, -0.1) is 0 Å². The Bertz CT molecular complexity index is 941. The van der Waals surface area contributed by atoms with Gasteiger partial charge < -0.3 is 14.6 Å². The Balaban J connectivity index is 1.88. The van der Waals surface area contributed by atoms with Crippen molar-refractivity contribution in [3.63, 3.8) is 0 Å². The fourth-order valence-electron chi connectivity index (χ4n) is 2.64. The molecule has 0 aromatic heterocycles. The molecule has 144 valence electrons. The van der Waals surface area contributed by atoms with Crippen LogP contribution in [0.2, 0.25) is 0 Å². The van der Waals surface area contributed by atoms with Gasteiger partial charge in [-0.25, -0.2) is 4.79 Å². The van der Waals surface area contributed by atoms with Gasteiger partial charge in [-0.05, 0) is 29.5 Å². The lowest BCUT2D eigenvalue weighted by molar-refractivity contribution is -0.139. The third kappa shape index (κ3) is 4.34. The van der Waals surface area contributed by atoms with Crippen LogP contribution in [0.15, 0.2) is 53.4 Å². The molecule has 1 aliphatic rings. The van der Waals surface area contributed by atoms with Gasteiger partial charge in [0.05, 0.1) is 18.6 Å². The molecule has 7 nitrogen and oxygen atoms in total. The Kier molecular flexibility index (Phi) is 6.00. The number of para-hydroxylation sites is 1. The molecular formula is C20H17NO6S. The van der Waals surface area contributed by atoms with Crippen molar-refractivity contribution < 1.29 is 29.0 Å². The molecule has 0 atom stereocenters. The van der Waals surface area contributed by atoms with Crippen molar-refractivity contribution in [3.05, 3.63) is 64.6 Å². The summed E-state index contributed by atoms with van der Waals surface area (Å²) in [6, 6.07) is 14.2. The molecule has 0 aliphatic carbocycles. The van der Waals surface area contributed by atoms with E-state index < -0.39 is 18.5 Å². The minimum Gasteiger partial charge on any atom is -0.493 e. The number of benzene rings is 2. The summed E-state index contributed by atoms with van der Waals surface area (Å²) < 4.78 is 10.5. The second-order valence-electron chi connectivity index (χ2n) is 5.81. The molecule has 2 aromatic carbocycles. The molecule has 8 heteroatoms. The van der Waals surface area contributed by atoms with E-state index in [4.69, 9.17) is 14.6 Å². The van der Waals surface area contributed by atoms with Gasteiger partial charge in [0, 0.05) is 5.56 Å². The van der Waals surface area contributed by atoms with E-state index in [1.54, 1.807) is 18.2 Å². The summed E-state index contributed by atoms with van der Waals surface area (Å²) >= 11 is 0.828. The van der Waals surface area contributed by atoms with Crippen LogP contribution < -0.4 is 9.47 Å². The third-order valence-corrected chi connectivity index (χ3v) is 4.82. The lowest BCUT2D eigenvalue weighted by Gasteiger charge is -2.13. The van der Waals surface area contributed by atoms with Gasteiger partial charge in [0.2, 0.25) is 0 Å². The maximum Gasteiger partial charge on any atom is 0.341 e. The highest BCUT2D eigenvalue weighted by atomic mass is 32.2. The van der Waals surface area contributed by atoms with E-state index in [9.17, 15) is 14.4 Å². The first-order valence-corrected chi connectivity index (χ1v) is 9.12. The highest BCUT2D eigenvalue weighted by Gasteiger charge is 2.35. The summed E-state index contributed by atoms with van der Waals surface area (Å²) in [7, 11) is 1.43. The van der Waals surface area contributed by atoms with Crippen molar-refractivity contribution >= 4 is 35.0 Å². The summed E-state index contributed by atoms with van der Waals surface area (Å²) in [6.45, 7) is -0.375. The van der Waals surface area contributed by atoms with Crippen molar-refractivity contribution in [1.82, 2.24) is 4.90 Å². The molecule has 1 heterocycles. The number of hydrogen-bond acceptors (Lipinski definition) is 6. The smallest absolute Gasteiger partial charge is 0.341 e. The predicted molar refractivity (Wildman–Crippen MR) is 104 cm³/mol. The zero-order valence-electron chi connectivity index (χ0n) is 15.0. The van der Waals surface area contributed by atoms with Crippen LogP contribution in [0.3, 0.4) is 0 Å². The van der Waals surface area contributed by atoms with Gasteiger partial charge >= 0.3 is 5.97 Å². The number of thioether (sulfide) groups is 1. The van der Waals surface area contributed by atoms with Gasteiger partial charge in [0.25, 0.3) is 11.1 Å². The molecule has 1 fully saturated rings. The number of carbonyl (C=O) groups is 3. The molecule has 3 rings (SSSR count). The Hall–Kier alpha value is -3.26. The van der Waals surface area contributed by atoms with Crippen LogP contribution in [-0.2, 0) is 16.1 Å². The van der Waals surface area contributed by atoms with Crippen molar-refractivity contribution in [2.75, 3.05) is 13.7 Å². The number of carbonyl (C=O) groups excluding carboxylic acids is 2. The fraction of sp³-hybridized carbons (Fsp3) is 0.150. The van der Waals surface area contributed by atoms with Crippen molar-refractivity contribution in [2.45, 2.75) is 6.54 Å². The predicted octanol–water partition coefficient (Wildman–Crippen LogP) is 3.40. The number of carboxylic acid groups (broad SMARTS) is 1. The van der Waals surface area contributed by atoms with Crippen LogP contribution in [0.1, 0.15) is 11.1 Å². The molecule has 2 aromatic rings. The molecule has 0 radical (unpaired) electrons. The largest absolute Gasteiger partial charge is 0.493 e. The maximum atomic E-state index is 12.7.